The number of aryl methyl sites for hydroxylation is 1. The highest BCUT2D eigenvalue weighted by Crippen LogP contribution is 2.30. The minimum atomic E-state index is 0.800. The number of imidazole rings is 1. The van der Waals surface area contributed by atoms with E-state index in [0.29, 0.717) is 0 Å². The molecular weight excluding hydrogens is 236 g/mol. The fraction of sp³-hybridized carbons (Fsp3) is 0.533. The zero-order chi connectivity index (χ0) is 12.8. The second-order valence-electron chi connectivity index (χ2n) is 5.87. The van der Waals surface area contributed by atoms with Gasteiger partial charge in [-0.05, 0) is 43.5 Å². The van der Waals surface area contributed by atoms with Crippen molar-refractivity contribution in [3.05, 3.63) is 24.3 Å². The Kier molecular flexibility index (Phi) is 2.52. The first kappa shape index (κ1) is 11.3. The number of hydrogen-bond donors (Lipinski definition) is 1. The molecule has 2 aliphatic rings. The first-order valence-corrected chi connectivity index (χ1v) is 7.20. The SMILES string of the molecule is Cn1c(N2CCC3CNCC3C2)nc2ccccc21. The summed E-state index contributed by atoms with van der Waals surface area (Å²) in [7, 11) is 2.13. The summed E-state index contributed by atoms with van der Waals surface area (Å²) in [5.41, 5.74) is 2.33. The maximum Gasteiger partial charge on any atom is 0.206 e. The van der Waals surface area contributed by atoms with Crippen LogP contribution in [0.2, 0.25) is 0 Å². The van der Waals surface area contributed by atoms with E-state index in [1.807, 2.05) is 0 Å². The molecule has 1 aromatic heterocycles. The Hall–Kier alpha value is -1.55. The average Bonchev–Trinajstić information content (AvgIpc) is 3.03. The number of fused-ring (bicyclic) bond motifs is 2. The van der Waals surface area contributed by atoms with Crippen molar-refractivity contribution in [2.45, 2.75) is 6.42 Å². The van der Waals surface area contributed by atoms with Crippen molar-refractivity contribution in [3.63, 3.8) is 0 Å². The first-order chi connectivity index (χ1) is 9.33. The molecule has 3 heterocycles. The van der Waals surface area contributed by atoms with Crippen molar-refractivity contribution in [2.75, 3.05) is 31.1 Å². The van der Waals surface area contributed by atoms with Crippen LogP contribution in [0, 0.1) is 11.8 Å². The molecule has 0 bridgehead atoms. The summed E-state index contributed by atoms with van der Waals surface area (Å²) in [6.45, 7) is 4.67. The van der Waals surface area contributed by atoms with E-state index in [4.69, 9.17) is 4.98 Å². The van der Waals surface area contributed by atoms with Crippen LogP contribution in [0.3, 0.4) is 0 Å². The number of nitrogens with zero attached hydrogens (tertiary/aromatic N) is 3. The lowest BCUT2D eigenvalue weighted by Crippen LogP contribution is -2.41. The Morgan fingerprint density at radius 3 is 2.95 bits per heavy atom. The molecule has 100 valence electrons. The van der Waals surface area contributed by atoms with Crippen LogP contribution >= 0.6 is 0 Å². The third-order valence-electron chi connectivity index (χ3n) is 4.75. The lowest BCUT2D eigenvalue weighted by molar-refractivity contribution is 0.345. The van der Waals surface area contributed by atoms with E-state index in [1.165, 1.54) is 25.0 Å². The van der Waals surface area contributed by atoms with Crippen LogP contribution in [-0.4, -0.2) is 35.7 Å². The van der Waals surface area contributed by atoms with Gasteiger partial charge in [-0.25, -0.2) is 4.98 Å². The van der Waals surface area contributed by atoms with Gasteiger partial charge in [0.15, 0.2) is 0 Å². The number of hydrogen-bond acceptors (Lipinski definition) is 3. The summed E-state index contributed by atoms with van der Waals surface area (Å²) in [4.78, 5) is 7.29. The van der Waals surface area contributed by atoms with Crippen molar-refractivity contribution < 1.29 is 0 Å². The van der Waals surface area contributed by atoms with Gasteiger partial charge in [0.05, 0.1) is 11.0 Å². The van der Waals surface area contributed by atoms with Crippen LogP contribution < -0.4 is 10.2 Å². The molecule has 2 atom stereocenters. The van der Waals surface area contributed by atoms with E-state index in [0.717, 1.165) is 36.4 Å². The van der Waals surface area contributed by atoms with Gasteiger partial charge in [-0.15, -0.1) is 0 Å². The van der Waals surface area contributed by atoms with Gasteiger partial charge in [-0.3, -0.25) is 0 Å². The Morgan fingerprint density at radius 1 is 1.21 bits per heavy atom. The molecule has 1 N–H and O–H groups in total. The van der Waals surface area contributed by atoms with Crippen molar-refractivity contribution in [1.82, 2.24) is 14.9 Å². The fourth-order valence-electron chi connectivity index (χ4n) is 3.63. The minimum Gasteiger partial charge on any atom is -0.342 e. The van der Waals surface area contributed by atoms with Crippen LogP contribution in [0.4, 0.5) is 5.95 Å². The zero-order valence-electron chi connectivity index (χ0n) is 11.3. The second-order valence-corrected chi connectivity index (χ2v) is 5.87. The van der Waals surface area contributed by atoms with Crippen LogP contribution in [-0.2, 0) is 7.05 Å². The largest absolute Gasteiger partial charge is 0.342 e. The van der Waals surface area contributed by atoms with Gasteiger partial charge in [0.25, 0.3) is 0 Å². The monoisotopic (exact) mass is 256 g/mol. The number of aromatic nitrogens is 2. The Bertz CT molecular complexity index is 603. The maximum atomic E-state index is 4.82. The fourth-order valence-corrected chi connectivity index (χ4v) is 3.63. The highest BCUT2D eigenvalue weighted by Gasteiger charge is 2.34. The molecule has 4 nitrogen and oxygen atoms in total. The Balaban J connectivity index is 1.68. The van der Waals surface area contributed by atoms with E-state index in [9.17, 15) is 0 Å². The molecule has 2 saturated heterocycles. The molecular formula is C15H20N4. The predicted octanol–water partition coefficient (Wildman–Crippen LogP) is 1.62. The number of anilines is 1. The molecule has 19 heavy (non-hydrogen) atoms. The highest BCUT2D eigenvalue weighted by molar-refractivity contribution is 5.78. The third-order valence-corrected chi connectivity index (χ3v) is 4.75. The highest BCUT2D eigenvalue weighted by atomic mass is 15.3. The van der Waals surface area contributed by atoms with Gasteiger partial charge in [0.2, 0.25) is 5.95 Å². The molecule has 0 saturated carbocycles. The lowest BCUT2D eigenvalue weighted by atomic mass is 9.89. The smallest absolute Gasteiger partial charge is 0.206 e. The van der Waals surface area contributed by atoms with E-state index in [1.54, 1.807) is 0 Å². The summed E-state index contributed by atoms with van der Waals surface area (Å²) in [5, 5.41) is 3.52. The van der Waals surface area contributed by atoms with E-state index < -0.39 is 0 Å². The quantitative estimate of drug-likeness (QED) is 0.841. The van der Waals surface area contributed by atoms with E-state index in [-0.39, 0.29) is 0 Å². The molecule has 4 heteroatoms. The molecule has 1 aromatic carbocycles. The molecule has 0 amide bonds. The van der Waals surface area contributed by atoms with Gasteiger partial charge in [0, 0.05) is 20.1 Å². The van der Waals surface area contributed by atoms with Gasteiger partial charge in [0.1, 0.15) is 0 Å². The Morgan fingerprint density at radius 2 is 2.05 bits per heavy atom. The van der Waals surface area contributed by atoms with Crippen LogP contribution in [0.15, 0.2) is 24.3 Å². The molecule has 2 aromatic rings. The zero-order valence-corrected chi connectivity index (χ0v) is 11.3. The summed E-state index contributed by atoms with van der Waals surface area (Å²) >= 11 is 0. The summed E-state index contributed by atoms with van der Waals surface area (Å²) in [5.74, 6) is 2.81. The van der Waals surface area contributed by atoms with Crippen LogP contribution in [0.25, 0.3) is 11.0 Å². The van der Waals surface area contributed by atoms with Crippen molar-refractivity contribution in [1.29, 1.82) is 0 Å². The summed E-state index contributed by atoms with van der Waals surface area (Å²) in [6.07, 6.45) is 1.29. The number of para-hydroxylation sites is 2. The number of nitrogens with one attached hydrogen (secondary N) is 1. The summed E-state index contributed by atoms with van der Waals surface area (Å²) < 4.78 is 2.23. The minimum absolute atomic E-state index is 0.800. The third kappa shape index (κ3) is 1.74. The predicted molar refractivity (Wildman–Crippen MR) is 77.4 cm³/mol. The van der Waals surface area contributed by atoms with Crippen molar-refractivity contribution in [3.8, 4) is 0 Å². The first-order valence-electron chi connectivity index (χ1n) is 7.20. The van der Waals surface area contributed by atoms with Crippen LogP contribution in [0.1, 0.15) is 6.42 Å². The molecule has 2 fully saturated rings. The average molecular weight is 256 g/mol. The number of benzene rings is 1. The van der Waals surface area contributed by atoms with Gasteiger partial charge < -0.3 is 14.8 Å². The van der Waals surface area contributed by atoms with Crippen molar-refractivity contribution >= 4 is 17.0 Å². The van der Waals surface area contributed by atoms with E-state index in [2.05, 4.69) is 46.1 Å². The van der Waals surface area contributed by atoms with Crippen LogP contribution in [0.5, 0.6) is 0 Å². The van der Waals surface area contributed by atoms with E-state index >= 15 is 0 Å². The normalized spacial score (nSPS) is 26.9. The summed E-state index contributed by atoms with van der Waals surface area (Å²) in [6, 6.07) is 8.39. The van der Waals surface area contributed by atoms with Gasteiger partial charge in [-0.2, -0.15) is 0 Å². The standard InChI is InChI=1S/C15H20N4/c1-18-14-5-3-2-4-13(14)17-15(18)19-7-6-11-8-16-9-12(11)10-19/h2-5,11-12,16H,6-10H2,1H3. The second kappa shape index (κ2) is 4.23. The molecule has 2 unspecified atom stereocenters. The molecule has 4 rings (SSSR count). The molecule has 2 aliphatic heterocycles. The number of piperidine rings is 1. The molecule has 0 aliphatic carbocycles. The van der Waals surface area contributed by atoms with Gasteiger partial charge >= 0.3 is 0 Å². The van der Waals surface area contributed by atoms with Gasteiger partial charge in [-0.1, -0.05) is 12.1 Å². The molecule has 0 radical (unpaired) electrons. The molecule has 0 spiro atoms. The maximum absolute atomic E-state index is 4.82. The lowest BCUT2D eigenvalue weighted by Gasteiger charge is -2.35. The Labute approximate surface area is 113 Å². The topological polar surface area (TPSA) is 33.1 Å². The van der Waals surface area contributed by atoms with Crippen molar-refractivity contribution in [2.24, 2.45) is 18.9 Å². The number of rotatable bonds is 1.